The smallest absolute Gasteiger partial charge is 0.231 e. The van der Waals surface area contributed by atoms with Crippen LogP contribution >= 0.6 is 23.1 Å². The highest BCUT2D eigenvalue weighted by Crippen LogP contribution is 2.29. The van der Waals surface area contributed by atoms with Gasteiger partial charge in [-0.3, -0.25) is 4.40 Å². The molecule has 4 aromatic heterocycles. The van der Waals surface area contributed by atoms with Gasteiger partial charge < -0.3 is 4.52 Å². The Morgan fingerprint density at radius 1 is 1.21 bits per heavy atom. The van der Waals surface area contributed by atoms with E-state index in [9.17, 15) is 0 Å². The summed E-state index contributed by atoms with van der Waals surface area (Å²) in [5.74, 6) is 2.24. The number of nitrogens with zero attached hydrogens (tertiary/aromatic N) is 4. The van der Waals surface area contributed by atoms with Gasteiger partial charge in [-0.1, -0.05) is 35.1 Å². The summed E-state index contributed by atoms with van der Waals surface area (Å²) in [6.07, 6.45) is 0. The molecule has 5 aromatic rings. The van der Waals surface area contributed by atoms with E-state index < -0.39 is 0 Å². The molecule has 5 rings (SSSR count). The van der Waals surface area contributed by atoms with Crippen molar-refractivity contribution in [1.82, 2.24) is 24.7 Å². The normalized spacial score (nSPS) is 11.7. The third-order valence-corrected chi connectivity index (χ3v) is 5.53. The second-order valence-corrected chi connectivity index (χ2v) is 7.10. The Morgan fingerprint density at radius 2 is 2.17 bits per heavy atom. The summed E-state index contributed by atoms with van der Waals surface area (Å²) in [5, 5.41) is 14.4. The van der Waals surface area contributed by atoms with Crippen molar-refractivity contribution in [2.75, 3.05) is 0 Å². The second-order valence-electron chi connectivity index (χ2n) is 5.21. The maximum absolute atomic E-state index is 5.42. The van der Waals surface area contributed by atoms with E-state index >= 15 is 0 Å². The van der Waals surface area contributed by atoms with Gasteiger partial charge in [0.05, 0.1) is 21.6 Å². The van der Waals surface area contributed by atoms with Crippen molar-refractivity contribution in [2.45, 2.75) is 10.9 Å². The van der Waals surface area contributed by atoms with E-state index in [1.54, 1.807) is 23.1 Å². The Labute approximate surface area is 144 Å². The van der Waals surface area contributed by atoms with Crippen LogP contribution in [0.3, 0.4) is 0 Å². The van der Waals surface area contributed by atoms with E-state index in [-0.39, 0.29) is 0 Å². The molecule has 8 heteroatoms. The summed E-state index contributed by atoms with van der Waals surface area (Å²) in [6.45, 7) is 0. The van der Waals surface area contributed by atoms with Gasteiger partial charge in [0.15, 0.2) is 10.9 Å². The summed E-state index contributed by atoms with van der Waals surface area (Å²) >= 11 is 3.24. The topological polar surface area (TPSA) is 72.0 Å². The molecule has 0 unspecified atom stereocenters. The number of hydrogen-bond donors (Lipinski definition) is 1. The van der Waals surface area contributed by atoms with E-state index in [0.29, 0.717) is 5.75 Å². The number of aromatic amines is 1. The lowest BCUT2D eigenvalue weighted by atomic mass is 10.3. The first kappa shape index (κ1) is 13.8. The number of para-hydroxylation sites is 2. The van der Waals surface area contributed by atoms with Gasteiger partial charge in [-0.15, -0.1) is 16.4 Å². The van der Waals surface area contributed by atoms with E-state index in [1.165, 1.54) is 0 Å². The summed E-state index contributed by atoms with van der Waals surface area (Å²) in [4.78, 5) is 5.61. The summed E-state index contributed by atoms with van der Waals surface area (Å²) in [6, 6.07) is 14.0. The molecule has 0 saturated heterocycles. The molecule has 24 heavy (non-hydrogen) atoms. The third kappa shape index (κ3) is 2.22. The minimum Gasteiger partial charge on any atom is -0.355 e. The molecule has 1 aromatic carbocycles. The van der Waals surface area contributed by atoms with Gasteiger partial charge in [-0.05, 0) is 23.6 Å². The Hall–Kier alpha value is -2.58. The van der Waals surface area contributed by atoms with Gasteiger partial charge in [0.25, 0.3) is 0 Å². The van der Waals surface area contributed by atoms with Crippen LogP contribution in [0.2, 0.25) is 0 Å². The minimum atomic E-state index is 0.682. The van der Waals surface area contributed by atoms with Crippen molar-refractivity contribution in [2.24, 2.45) is 0 Å². The number of fused-ring (bicyclic) bond motifs is 3. The zero-order chi connectivity index (χ0) is 15.9. The summed E-state index contributed by atoms with van der Waals surface area (Å²) < 4.78 is 7.45. The zero-order valence-corrected chi connectivity index (χ0v) is 14.0. The quantitative estimate of drug-likeness (QED) is 0.490. The average Bonchev–Trinajstić information content (AvgIpc) is 3.36. The molecule has 1 N–H and O–H groups in total. The highest BCUT2D eigenvalue weighted by Gasteiger charge is 2.13. The minimum absolute atomic E-state index is 0.682. The molecule has 0 saturated carbocycles. The van der Waals surface area contributed by atoms with Crippen LogP contribution in [0.15, 0.2) is 57.5 Å². The first-order chi connectivity index (χ1) is 11.9. The molecule has 0 bridgehead atoms. The molecule has 0 aliphatic rings. The first-order valence-electron chi connectivity index (χ1n) is 7.32. The van der Waals surface area contributed by atoms with E-state index in [4.69, 9.17) is 4.52 Å². The lowest BCUT2D eigenvalue weighted by molar-refractivity contribution is 0.427. The van der Waals surface area contributed by atoms with Gasteiger partial charge in [0.2, 0.25) is 5.78 Å². The molecule has 0 amide bonds. The lowest BCUT2D eigenvalue weighted by Crippen LogP contribution is -1.87. The van der Waals surface area contributed by atoms with Gasteiger partial charge in [0.1, 0.15) is 0 Å². The number of aromatic nitrogens is 5. The van der Waals surface area contributed by atoms with Gasteiger partial charge in [-0.25, -0.2) is 10.1 Å². The SMILES string of the molecule is c1csc(-c2cc(CSc3n[nH]c4nc5ccccc5n34)no2)c1. The molecule has 0 aliphatic heterocycles. The van der Waals surface area contributed by atoms with Gasteiger partial charge >= 0.3 is 0 Å². The molecule has 6 nitrogen and oxygen atoms in total. The Morgan fingerprint density at radius 3 is 3.08 bits per heavy atom. The van der Waals surface area contributed by atoms with Crippen molar-refractivity contribution in [3.63, 3.8) is 0 Å². The van der Waals surface area contributed by atoms with Crippen LogP contribution in [-0.4, -0.2) is 24.7 Å². The fourth-order valence-corrected chi connectivity index (χ4v) is 4.10. The molecular formula is C16H11N5OS2. The molecule has 0 atom stereocenters. The molecule has 0 fully saturated rings. The number of hydrogen-bond acceptors (Lipinski definition) is 6. The number of rotatable bonds is 4. The molecule has 0 radical (unpaired) electrons. The maximum Gasteiger partial charge on any atom is 0.231 e. The molecule has 4 heterocycles. The fourth-order valence-electron chi connectivity index (χ4n) is 2.59. The fraction of sp³-hybridized carbons (Fsp3) is 0.0625. The van der Waals surface area contributed by atoms with Crippen LogP contribution in [0.4, 0.5) is 0 Å². The molecule has 0 spiro atoms. The van der Waals surface area contributed by atoms with Crippen LogP contribution < -0.4 is 0 Å². The highest BCUT2D eigenvalue weighted by molar-refractivity contribution is 7.98. The monoisotopic (exact) mass is 353 g/mol. The second kappa shape index (κ2) is 5.50. The van der Waals surface area contributed by atoms with Crippen molar-refractivity contribution in [3.05, 3.63) is 53.5 Å². The van der Waals surface area contributed by atoms with Crippen LogP contribution in [0.1, 0.15) is 5.69 Å². The summed E-state index contributed by atoms with van der Waals surface area (Å²) in [5.41, 5.74) is 2.89. The number of benzene rings is 1. The van der Waals surface area contributed by atoms with Gasteiger partial charge in [0, 0.05) is 11.8 Å². The first-order valence-corrected chi connectivity index (χ1v) is 9.19. The number of H-pyrrole nitrogens is 1. The highest BCUT2D eigenvalue weighted by atomic mass is 32.2. The zero-order valence-electron chi connectivity index (χ0n) is 12.3. The summed E-state index contributed by atoms with van der Waals surface area (Å²) in [7, 11) is 0. The predicted octanol–water partition coefficient (Wildman–Crippen LogP) is 4.22. The Kier molecular flexibility index (Phi) is 3.17. The molecular weight excluding hydrogens is 342 g/mol. The van der Waals surface area contributed by atoms with Crippen molar-refractivity contribution in [3.8, 4) is 10.6 Å². The lowest BCUT2D eigenvalue weighted by Gasteiger charge is -1.96. The number of thioether (sulfide) groups is 1. The maximum atomic E-state index is 5.42. The van der Waals surface area contributed by atoms with E-state index in [0.717, 1.165) is 38.3 Å². The van der Waals surface area contributed by atoms with Crippen molar-refractivity contribution < 1.29 is 4.52 Å². The number of imidazole rings is 1. The van der Waals surface area contributed by atoms with Crippen molar-refractivity contribution in [1.29, 1.82) is 0 Å². The van der Waals surface area contributed by atoms with Crippen LogP contribution in [0.25, 0.3) is 27.4 Å². The average molecular weight is 353 g/mol. The Bertz CT molecular complexity index is 1120. The Balaban J connectivity index is 1.43. The van der Waals surface area contributed by atoms with Crippen molar-refractivity contribution >= 4 is 39.9 Å². The predicted molar refractivity (Wildman–Crippen MR) is 94.2 cm³/mol. The standard InChI is InChI=1S/C16H11N5OS2/c1-2-5-12-11(4-1)17-15-18-19-16(21(12)15)24-9-10-8-13(22-20-10)14-6-3-7-23-14/h1-8H,9H2,(H,17,18). The molecule has 118 valence electrons. The van der Waals surface area contributed by atoms with E-state index in [2.05, 4.69) is 20.3 Å². The number of nitrogens with one attached hydrogen (secondary N) is 1. The molecule has 0 aliphatic carbocycles. The van der Waals surface area contributed by atoms with Crippen LogP contribution in [0, 0.1) is 0 Å². The number of thiophene rings is 1. The van der Waals surface area contributed by atoms with E-state index in [1.807, 2.05) is 52.2 Å². The largest absolute Gasteiger partial charge is 0.355 e. The van der Waals surface area contributed by atoms with Gasteiger partial charge in [-0.2, -0.15) is 0 Å². The van der Waals surface area contributed by atoms with Crippen LogP contribution in [0.5, 0.6) is 0 Å². The van der Waals surface area contributed by atoms with Crippen LogP contribution in [-0.2, 0) is 5.75 Å². The third-order valence-electron chi connectivity index (χ3n) is 3.68.